The molecule has 1 aliphatic carbocycles. The first kappa shape index (κ1) is 24.0. The maximum Gasteiger partial charge on any atom is 0.336 e. The van der Waals surface area contributed by atoms with Crippen molar-refractivity contribution in [3.8, 4) is 17.2 Å². The number of hydrogen-bond donors (Lipinski definition) is 1. The van der Waals surface area contributed by atoms with Crippen molar-refractivity contribution in [2.75, 3.05) is 20.5 Å². The van der Waals surface area contributed by atoms with Gasteiger partial charge in [-0.05, 0) is 60.6 Å². The zero-order valence-corrected chi connectivity index (χ0v) is 21.1. The minimum Gasteiger partial charge on any atom is -0.497 e. The fourth-order valence-electron chi connectivity index (χ4n) is 5.17. The molecule has 7 heteroatoms. The lowest BCUT2D eigenvalue weighted by Crippen LogP contribution is -2.36. The highest BCUT2D eigenvalue weighted by atomic mass is 16.7. The van der Waals surface area contributed by atoms with Crippen molar-refractivity contribution in [1.29, 1.82) is 0 Å². The molecule has 0 bridgehead atoms. The van der Waals surface area contributed by atoms with Gasteiger partial charge in [0, 0.05) is 29.3 Å². The van der Waals surface area contributed by atoms with Crippen LogP contribution in [0.15, 0.2) is 65.0 Å². The summed E-state index contributed by atoms with van der Waals surface area (Å²) in [4.78, 5) is 27.1. The summed E-state index contributed by atoms with van der Waals surface area (Å²) in [5.41, 5.74) is 4.53. The molecule has 5 rings (SSSR count). The quantitative estimate of drug-likeness (QED) is 0.573. The first-order valence-electron chi connectivity index (χ1n) is 12.3. The first-order chi connectivity index (χ1) is 17.4. The van der Waals surface area contributed by atoms with Crippen LogP contribution in [0.4, 0.5) is 0 Å². The van der Waals surface area contributed by atoms with Crippen molar-refractivity contribution in [2.24, 2.45) is 5.92 Å². The average Bonchev–Trinajstić information content (AvgIpc) is 3.34. The Balaban J connectivity index is 1.54. The van der Waals surface area contributed by atoms with Gasteiger partial charge in [0.1, 0.15) is 5.75 Å². The molecule has 7 nitrogen and oxygen atoms in total. The lowest BCUT2D eigenvalue weighted by Gasteiger charge is -2.36. The van der Waals surface area contributed by atoms with Gasteiger partial charge in [0.15, 0.2) is 17.3 Å². The van der Waals surface area contributed by atoms with Crippen molar-refractivity contribution < 1.29 is 28.5 Å². The number of ether oxygens (including phenoxy) is 4. The zero-order chi connectivity index (χ0) is 25.4. The second kappa shape index (κ2) is 9.72. The molecule has 188 valence electrons. The summed E-state index contributed by atoms with van der Waals surface area (Å²) in [6.45, 7) is 6.32. The van der Waals surface area contributed by atoms with E-state index in [1.54, 1.807) is 7.11 Å². The number of ketones is 1. The summed E-state index contributed by atoms with van der Waals surface area (Å²) in [5.74, 6) is 1.35. The van der Waals surface area contributed by atoms with Crippen LogP contribution < -0.4 is 19.5 Å². The lowest BCUT2D eigenvalue weighted by molar-refractivity contribution is -0.140. The molecule has 0 aromatic heterocycles. The van der Waals surface area contributed by atoms with Crippen LogP contribution in [0.1, 0.15) is 56.6 Å². The maximum absolute atomic E-state index is 13.7. The normalized spacial score (nSPS) is 20.9. The highest BCUT2D eigenvalue weighted by Gasteiger charge is 2.42. The monoisotopic (exact) mass is 489 g/mol. The number of benzene rings is 2. The smallest absolute Gasteiger partial charge is 0.336 e. The average molecular weight is 490 g/mol. The standard InChI is InChI=1S/C29H31NO6/c1-16(2)14-34-29(32)26-17(3)30-22-11-20(18-5-8-21(33-4)9-6-18)12-23(31)28(22)27(26)19-7-10-24-25(13-19)36-15-35-24/h5-10,13,16,20,27,30H,11-12,14-15H2,1-4H3/t20-,27+/m0/s1. The van der Waals surface area contributed by atoms with E-state index in [1.165, 1.54) is 0 Å². The molecule has 2 aliphatic heterocycles. The number of fused-ring (bicyclic) bond motifs is 1. The summed E-state index contributed by atoms with van der Waals surface area (Å²) in [5, 5.41) is 3.40. The fraction of sp³-hybridized carbons (Fsp3) is 0.379. The second-order valence-electron chi connectivity index (χ2n) is 9.90. The molecule has 2 heterocycles. The number of Topliss-reactive ketones (excluding diaryl/α,β-unsaturated/α-hetero) is 1. The van der Waals surface area contributed by atoms with Crippen LogP contribution in [0, 0.1) is 5.92 Å². The second-order valence-corrected chi connectivity index (χ2v) is 9.90. The van der Waals surface area contributed by atoms with E-state index in [0.29, 0.717) is 47.8 Å². The van der Waals surface area contributed by atoms with Crippen molar-refractivity contribution in [3.05, 3.63) is 76.1 Å². The van der Waals surface area contributed by atoms with Crippen LogP contribution in [0.3, 0.4) is 0 Å². The molecule has 0 saturated heterocycles. The molecule has 3 aliphatic rings. The SMILES string of the molecule is COc1ccc([C@@H]2CC(=O)C3=C(C2)NC(C)=C(C(=O)OCC(C)C)[C@H]3c2ccc3c(c2)OCO3)cc1. The third-order valence-corrected chi connectivity index (χ3v) is 6.91. The molecule has 0 unspecified atom stereocenters. The summed E-state index contributed by atoms with van der Waals surface area (Å²) in [6.07, 6.45) is 1.03. The van der Waals surface area contributed by atoms with Crippen LogP contribution in [0.2, 0.25) is 0 Å². The van der Waals surface area contributed by atoms with E-state index in [-0.39, 0.29) is 24.4 Å². The van der Waals surface area contributed by atoms with Gasteiger partial charge in [0.05, 0.1) is 19.3 Å². The van der Waals surface area contributed by atoms with Gasteiger partial charge in [-0.1, -0.05) is 32.0 Å². The predicted molar refractivity (Wildman–Crippen MR) is 134 cm³/mol. The van der Waals surface area contributed by atoms with Gasteiger partial charge < -0.3 is 24.3 Å². The summed E-state index contributed by atoms with van der Waals surface area (Å²) >= 11 is 0. The van der Waals surface area contributed by atoms with Crippen LogP contribution >= 0.6 is 0 Å². The van der Waals surface area contributed by atoms with Gasteiger partial charge in [-0.15, -0.1) is 0 Å². The Kier molecular flexibility index (Phi) is 6.48. The minimum atomic E-state index is -0.542. The molecular formula is C29H31NO6. The Labute approximate surface area is 211 Å². The highest BCUT2D eigenvalue weighted by Crippen LogP contribution is 2.47. The fourth-order valence-corrected chi connectivity index (χ4v) is 5.17. The molecule has 0 fully saturated rings. The molecule has 0 saturated carbocycles. The molecule has 0 amide bonds. The summed E-state index contributed by atoms with van der Waals surface area (Å²) in [6, 6.07) is 13.5. The molecule has 0 spiro atoms. The van der Waals surface area contributed by atoms with Crippen LogP contribution in [0.5, 0.6) is 17.2 Å². The van der Waals surface area contributed by atoms with Crippen molar-refractivity contribution in [2.45, 2.75) is 45.4 Å². The predicted octanol–water partition coefficient (Wildman–Crippen LogP) is 4.98. The number of rotatable bonds is 6. The molecule has 2 aromatic carbocycles. The van der Waals surface area contributed by atoms with Gasteiger partial charge in [0.25, 0.3) is 0 Å². The van der Waals surface area contributed by atoms with Crippen LogP contribution in [-0.2, 0) is 14.3 Å². The maximum atomic E-state index is 13.7. The van der Waals surface area contributed by atoms with E-state index in [2.05, 4.69) is 5.32 Å². The molecule has 36 heavy (non-hydrogen) atoms. The largest absolute Gasteiger partial charge is 0.497 e. The van der Waals surface area contributed by atoms with E-state index in [9.17, 15) is 9.59 Å². The Morgan fingerprint density at radius 3 is 2.50 bits per heavy atom. The number of nitrogens with one attached hydrogen (secondary N) is 1. The van der Waals surface area contributed by atoms with Gasteiger partial charge in [0.2, 0.25) is 6.79 Å². The number of hydrogen-bond acceptors (Lipinski definition) is 7. The van der Waals surface area contributed by atoms with Crippen molar-refractivity contribution in [3.63, 3.8) is 0 Å². The first-order valence-corrected chi connectivity index (χ1v) is 12.3. The van der Waals surface area contributed by atoms with E-state index < -0.39 is 11.9 Å². The number of dihydropyridines is 1. The zero-order valence-electron chi connectivity index (χ0n) is 21.1. The van der Waals surface area contributed by atoms with E-state index in [4.69, 9.17) is 18.9 Å². The summed E-state index contributed by atoms with van der Waals surface area (Å²) in [7, 11) is 1.64. The van der Waals surface area contributed by atoms with E-state index in [0.717, 1.165) is 22.6 Å². The molecule has 1 N–H and O–H groups in total. The minimum absolute atomic E-state index is 0.0221. The third kappa shape index (κ3) is 4.45. The van der Waals surface area contributed by atoms with Crippen LogP contribution in [0.25, 0.3) is 0 Å². The Bertz CT molecular complexity index is 1260. The Morgan fingerprint density at radius 1 is 1.06 bits per heavy atom. The van der Waals surface area contributed by atoms with E-state index >= 15 is 0 Å². The molecule has 2 aromatic rings. The third-order valence-electron chi connectivity index (χ3n) is 6.91. The summed E-state index contributed by atoms with van der Waals surface area (Å²) < 4.78 is 22.0. The van der Waals surface area contributed by atoms with Gasteiger partial charge >= 0.3 is 5.97 Å². The topological polar surface area (TPSA) is 83.1 Å². The number of esters is 1. The number of allylic oxidation sites excluding steroid dienone is 3. The van der Waals surface area contributed by atoms with Crippen molar-refractivity contribution in [1.82, 2.24) is 5.32 Å². The number of methoxy groups -OCH3 is 1. The van der Waals surface area contributed by atoms with Gasteiger partial charge in [-0.2, -0.15) is 0 Å². The van der Waals surface area contributed by atoms with Gasteiger partial charge in [-0.25, -0.2) is 4.79 Å². The number of carbonyl (C=O) groups is 2. The van der Waals surface area contributed by atoms with Gasteiger partial charge in [-0.3, -0.25) is 4.79 Å². The van der Waals surface area contributed by atoms with E-state index in [1.807, 2.05) is 63.2 Å². The molecule has 0 radical (unpaired) electrons. The Hall–Kier alpha value is -3.74. The number of carbonyl (C=O) groups excluding carboxylic acids is 2. The molecule has 2 atom stereocenters. The lowest BCUT2D eigenvalue weighted by atomic mass is 9.71. The van der Waals surface area contributed by atoms with Crippen molar-refractivity contribution >= 4 is 11.8 Å². The Morgan fingerprint density at radius 2 is 1.78 bits per heavy atom. The van der Waals surface area contributed by atoms with Crippen LogP contribution in [-0.4, -0.2) is 32.3 Å². The molecular weight excluding hydrogens is 458 g/mol. The highest BCUT2D eigenvalue weighted by molar-refractivity contribution is 6.04.